The van der Waals surface area contributed by atoms with Gasteiger partial charge in [0.05, 0.1) is 6.20 Å². The van der Waals surface area contributed by atoms with Crippen LogP contribution in [0.1, 0.15) is 26.7 Å². The minimum Gasteiger partial charge on any atom is -0.465 e. The van der Waals surface area contributed by atoms with Crippen molar-refractivity contribution in [2.45, 2.75) is 65.1 Å². The van der Waals surface area contributed by atoms with Gasteiger partial charge in [-0.25, -0.2) is 19.3 Å². The van der Waals surface area contributed by atoms with Crippen molar-refractivity contribution in [3.8, 4) is 22.5 Å². The van der Waals surface area contributed by atoms with Crippen molar-refractivity contribution >= 4 is 25.6 Å². The van der Waals surface area contributed by atoms with E-state index < -0.39 is 14.2 Å². The van der Waals surface area contributed by atoms with E-state index in [9.17, 15) is 9.90 Å². The van der Waals surface area contributed by atoms with Crippen molar-refractivity contribution in [2.24, 2.45) is 11.8 Å². The van der Waals surface area contributed by atoms with Crippen LogP contribution in [0.2, 0.25) is 25.7 Å². The number of benzene rings is 1. The average Bonchev–Trinajstić information content (AvgIpc) is 3.66. The highest BCUT2D eigenvalue weighted by molar-refractivity contribution is 6.76. The molecule has 12 heteroatoms. The smallest absolute Gasteiger partial charge is 0.407 e. The number of imidazole rings is 1. The molecule has 11 nitrogen and oxygen atoms in total. The van der Waals surface area contributed by atoms with E-state index in [4.69, 9.17) is 9.72 Å². The molecular formula is C33H48N8O3Si. The number of nitrogens with one attached hydrogen (secondary N) is 2. The van der Waals surface area contributed by atoms with Crippen LogP contribution in [0.25, 0.3) is 28.2 Å². The number of hydrogen-bond donors (Lipinski definition) is 3. The van der Waals surface area contributed by atoms with Crippen molar-refractivity contribution in [1.29, 1.82) is 0 Å². The van der Waals surface area contributed by atoms with Crippen molar-refractivity contribution < 1.29 is 14.6 Å². The number of rotatable bonds is 14. The number of fused-ring (bicyclic) bond motifs is 1. The molecule has 1 atom stereocenters. The Bertz CT molecular complexity index is 1540. The van der Waals surface area contributed by atoms with Gasteiger partial charge in [-0.1, -0.05) is 57.8 Å². The summed E-state index contributed by atoms with van der Waals surface area (Å²) in [7, 11) is -1.13. The van der Waals surface area contributed by atoms with Gasteiger partial charge in [-0.3, -0.25) is 0 Å². The fourth-order valence-corrected chi connectivity index (χ4v) is 6.34. The summed E-state index contributed by atoms with van der Waals surface area (Å²) in [6.07, 6.45) is 8.59. The Hall–Kier alpha value is -3.74. The molecule has 1 fully saturated rings. The Balaban J connectivity index is 1.21. The molecule has 0 radical (unpaired) electrons. The summed E-state index contributed by atoms with van der Waals surface area (Å²) in [6, 6.07) is 11.7. The van der Waals surface area contributed by atoms with Crippen molar-refractivity contribution in [2.75, 3.05) is 38.1 Å². The maximum atomic E-state index is 11.2. The second-order valence-corrected chi connectivity index (χ2v) is 19.3. The molecule has 0 aliphatic carbocycles. The first-order chi connectivity index (χ1) is 21.6. The molecule has 1 amide bonds. The molecule has 5 rings (SSSR count). The van der Waals surface area contributed by atoms with E-state index in [1.165, 1.54) is 4.90 Å². The number of likely N-dealkylation sites (tertiary alicyclic amines) is 1. The predicted octanol–water partition coefficient (Wildman–Crippen LogP) is 5.99. The number of aromatic nitrogens is 5. The standard InChI is InChI=1S/C33H48N8O3Si/c1-24(2)29(22-34-20-25-10-14-39(15-11-25)33(42)43)37-30-12-16-41-32(38-30)28(21-36-41)26-6-8-27(9-7-26)31-35-13-17-40(31)23-44-18-19-45(3,4)5/h6-9,12-13,16-17,21,24-25,29,34H,10-11,14-15,18-20,22-23H2,1-5H3,(H,37,38)(H,42,43). The van der Waals surface area contributed by atoms with Crippen LogP contribution in [0.15, 0.2) is 55.1 Å². The Kier molecular flexibility index (Phi) is 10.6. The number of amides is 1. The molecule has 1 unspecified atom stereocenters. The van der Waals surface area contributed by atoms with Gasteiger partial charge in [-0.05, 0) is 48.9 Å². The summed E-state index contributed by atoms with van der Waals surface area (Å²) in [5.41, 5.74) is 3.84. The SMILES string of the molecule is CC(C)C(CNCC1CCN(C(=O)O)CC1)Nc1ccn2ncc(-c3ccc(-c4nccn4COCC[Si](C)(C)C)cc3)c2n1. The minimum atomic E-state index is -1.13. The zero-order chi connectivity index (χ0) is 32.0. The molecule has 4 aromatic rings. The molecule has 45 heavy (non-hydrogen) atoms. The van der Waals surface area contributed by atoms with Crippen LogP contribution in [-0.4, -0.2) is 87.2 Å². The molecule has 1 aliphatic heterocycles. The molecule has 0 spiro atoms. The predicted molar refractivity (Wildman–Crippen MR) is 181 cm³/mol. The summed E-state index contributed by atoms with van der Waals surface area (Å²) in [4.78, 5) is 22.3. The van der Waals surface area contributed by atoms with Crippen LogP contribution in [0.5, 0.6) is 0 Å². The number of ether oxygens (including phenoxy) is 1. The Morgan fingerprint density at radius 1 is 1.09 bits per heavy atom. The normalized spacial score (nSPS) is 15.2. The first kappa shape index (κ1) is 32.6. The van der Waals surface area contributed by atoms with E-state index in [1.807, 2.05) is 35.4 Å². The number of hydrogen-bond acceptors (Lipinski definition) is 7. The molecule has 1 saturated heterocycles. The molecule has 3 N–H and O–H groups in total. The molecule has 0 saturated carbocycles. The lowest BCUT2D eigenvalue weighted by Crippen LogP contribution is -2.42. The van der Waals surface area contributed by atoms with Gasteiger partial charge in [0.2, 0.25) is 0 Å². The Morgan fingerprint density at radius 2 is 1.82 bits per heavy atom. The molecule has 3 aromatic heterocycles. The summed E-state index contributed by atoms with van der Waals surface area (Å²) >= 11 is 0. The highest BCUT2D eigenvalue weighted by Crippen LogP contribution is 2.27. The maximum absolute atomic E-state index is 11.2. The fourth-order valence-electron chi connectivity index (χ4n) is 5.58. The summed E-state index contributed by atoms with van der Waals surface area (Å²) in [5.74, 6) is 2.59. The van der Waals surface area contributed by atoms with E-state index in [0.29, 0.717) is 31.7 Å². The fraction of sp³-hybridized carbons (Fsp3) is 0.515. The zero-order valence-corrected chi connectivity index (χ0v) is 28.2. The molecule has 4 heterocycles. The highest BCUT2D eigenvalue weighted by atomic mass is 28.3. The van der Waals surface area contributed by atoms with Crippen LogP contribution in [-0.2, 0) is 11.5 Å². The van der Waals surface area contributed by atoms with E-state index in [1.54, 1.807) is 0 Å². The number of anilines is 1. The average molecular weight is 633 g/mol. The van der Waals surface area contributed by atoms with Crippen molar-refractivity contribution in [3.05, 3.63) is 55.1 Å². The summed E-state index contributed by atoms with van der Waals surface area (Å²) in [6.45, 7) is 15.7. The topological polar surface area (TPSA) is 122 Å². The van der Waals surface area contributed by atoms with Gasteiger partial charge in [0.1, 0.15) is 18.4 Å². The summed E-state index contributed by atoms with van der Waals surface area (Å²) < 4.78 is 9.83. The van der Waals surface area contributed by atoms with Crippen LogP contribution in [0, 0.1) is 11.8 Å². The van der Waals surface area contributed by atoms with Crippen molar-refractivity contribution in [3.63, 3.8) is 0 Å². The third-order valence-corrected chi connectivity index (χ3v) is 10.3. The van der Waals surface area contributed by atoms with Crippen LogP contribution in [0.4, 0.5) is 10.6 Å². The van der Waals surface area contributed by atoms with Gasteiger partial charge in [-0.15, -0.1) is 0 Å². The van der Waals surface area contributed by atoms with Gasteiger partial charge >= 0.3 is 6.09 Å². The second-order valence-electron chi connectivity index (χ2n) is 13.7. The largest absolute Gasteiger partial charge is 0.465 e. The molecule has 242 valence electrons. The lowest BCUT2D eigenvalue weighted by atomic mass is 9.96. The van der Waals surface area contributed by atoms with E-state index in [0.717, 1.165) is 72.6 Å². The first-order valence-electron chi connectivity index (χ1n) is 16.1. The quantitative estimate of drug-likeness (QED) is 0.115. The number of piperidine rings is 1. The minimum absolute atomic E-state index is 0.188. The molecular weight excluding hydrogens is 585 g/mol. The van der Waals surface area contributed by atoms with Crippen LogP contribution in [0.3, 0.4) is 0 Å². The van der Waals surface area contributed by atoms with E-state index in [2.05, 4.69) is 83.0 Å². The van der Waals surface area contributed by atoms with Gasteiger partial charge in [0.25, 0.3) is 0 Å². The Morgan fingerprint density at radius 3 is 2.51 bits per heavy atom. The maximum Gasteiger partial charge on any atom is 0.407 e. The third-order valence-electron chi connectivity index (χ3n) is 8.59. The monoisotopic (exact) mass is 632 g/mol. The lowest BCUT2D eigenvalue weighted by Gasteiger charge is -2.31. The molecule has 1 aromatic carbocycles. The van der Waals surface area contributed by atoms with Gasteiger partial charge in [0, 0.05) is 70.1 Å². The zero-order valence-electron chi connectivity index (χ0n) is 27.2. The van der Waals surface area contributed by atoms with Gasteiger partial charge < -0.3 is 29.9 Å². The second kappa shape index (κ2) is 14.6. The summed E-state index contributed by atoms with van der Waals surface area (Å²) in [5, 5.41) is 21.0. The van der Waals surface area contributed by atoms with Crippen LogP contribution >= 0.6 is 0 Å². The third kappa shape index (κ3) is 8.71. The highest BCUT2D eigenvalue weighted by Gasteiger charge is 2.23. The molecule has 0 bridgehead atoms. The van der Waals surface area contributed by atoms with E-state index >= 15 is 0 Å². The first-order valence-corrected chi connectivity index (χ1v) is 19.8. The number of carbonyl (C=O) groups is 1. The van der Waals surface area contributed by atoms with Gasteiger partial charge in [-0.2, -0.15) is 5.10 Å². The number of nitrogens with zero attached hydrogens (tertiary/aromatic N) is 6. The van der Waals surface area contributed by atoms with E-state index in [-0.39, 0.29) is 6.04 Å². The van der Waals surface area contributed by atoms with Crippen LogP contribution < -0.4 is 10.6 Å². The number of carboxylic acid groups (broad SMARTS) is 1. The molecule has 1 aliphatic rings. The lowest BCUT2D eigenvalue weighted by molar-refractivity contribution is 0.0883. The van der Waals surface area contributed by atoms with Gasteiger partial charge in [0.15, 0.2) is 5.65 Å². The Labute approximate surface area is 267 Å². The van der Waals surface area contributed by atoms with Crippen molar-refractivity contribution in [1.82, 2.24) is 34.4 Å².